The number of amides is 2. The first-order chi connectivity index (χ1) is 18.2. The van der Waals surface area contributed by atoms with Gasteiger partial charge in [-0.1, -0.05) is 77.8 Å². The Labute approximate surface area is 233 Å². The van der Waals surface area contributed by atoms with E-state index in [0.29, 0.717) is 28.0 Å². The van der Waals surface area contributed by atoms with E-state index in [1.54, 1.807) is 19.1 Å². The summed E-state index contributed by atoms with van der Waals surface area (Å²) in [5.41, 5.74) is 3.03. The van der Waals surface area contributed by atoms with Crippen LogP contribution in [0.1, 0.15) is 32.3 Å². The van der Waals surface area contributed by atoms with E-state index < -0.39 is 11.6 Å². The number of halogens is 2. The summed E-state index contributed by atoms with van der Waals surface area (Å²) < 4.78 is 5.57. The minimum absolute atomic E-state index is 0.172. The zero-order valence-corrected chi connectivity index (χ0v) is 23.1. The van der Waals surface area contributed by atoms with Crippen molar-refractivity contribution in [2.24, 2.45) is 0 Å². The number of fused-ring (bicyclic) bond motifs is 1. The van der Waals surface area contributed by atoms with E-state index in [-0.39, 0.29) is 18.4 Å². The number of nitrogens with one attached hydrogen (secondary N) is 1. The molecule has 2 atom stereocenters. The highest BCUT2D eigenvalue weighted by Crippen LogP contribution is 2.40. The van der Waals surface area contributed by atoms with E-state index in [1.807, 2.05) is 18.2 Å². The lowest BCUT2D eigenvalue weighted by atomic mass is 9.89. The second-order valence-corrected chi connectivity index (χ2v) is 11.0. The van der Waals surface area contributed by atoms with Crippen molar-refractivity contribution < 1.29 is 14.3 Å². The van der Waals surface area contributed by atoms with Gasteiger partial charge >= 0.3 is 0 Å². The van der Waals surface area contributed by atoms with Crippen LogP contribution in [0.5, 0.6) is 5.75 Å². The van der Waals surface area contributed by atoms with Crippen molar-refractivity contribution in [3.8, 4) is 16.9 Å². The maximum absolute atomic E-state index is 13.8. The fraction of sp³-hybridized carbons (Fsp3) is 0.333. The molecule has 198 valence electrons. The zero-order valence-electron chi connectivity index (χ0n) is 21.5. The molecule has 0 spiro atoms. The monoisotopic (exact) mass is 551 g/mol. The van der Waals surface area contributed by atoms with Gasteiger partial charge in [0, 0.05) is 12.6 Å². The van der Waals surface area contributed by atoms with Crippen molar-refractivity contribution in [1.29, 1.82) is 0 Å². The highest BCUT2D eigenvalue weighted by Gasteiger charge is 2.38. The quantitative estimate of drug-likeness (QED) is 0.397. The number of nitrogens with zero attached hydrogens (tertiary/aromatic N) is 2. The van der Waals surface area contributed by atoms with Crippen molar-refractivity contribution in [3.63, 3.8) is 0 Å². The predicted octanol–water partition coefficient (Wildman–Crippen LogP) is 5.90. The van der Waals surface area contributed by atoms with Gasteiger partial charge in [-0.05, 0) is 62.5 Å². The summed E-state index contributed by atoms with van der Waals surface area (Å²) >= 11 is 12.4. The Morgan fingerprint density at radius 1 is 1.00 bits per heavy atom. The van der Waals surface area contributed by atoms with Crippen LogP contribution in [0.4, 0.5) is 5.69 Å². The minimum atomic E-state index is -0.788. The summed E-state index contributed by atoms with van der Waals surface area (Å²) in [5, 5.41) is 3.91. The largest absolute Gasteiger partial charge is 0.482 e. The minimum Gasteiger partial charge on any atom is -0.482 e. The summed E-state index contributed by atoms with van der Waals surface area (Å²) in [4.78, 5) is 30.5. The number of benzene rings is 3. The Bertz CT molecular complexity index is 1330. The third kappa shape index (κ3) is 5.39. The number of carbonyl (C=O) groups excluding carboxylic acids is 2. The molecule has 2 aliphatic rings. The maximum atomic E-state index is 13.8. The van der Waals surface area contributed by atoms with Gasteiger partial charge in [0.05, 0.1) is 21.3 Å². The van der Waals surface area contributed by atoms with E-state index >= 15 is 0 Å². The normalized spacial score (nSPS) is 17.9. The number of carbonyl (C=O) groups is 2. The highest BCUT2D eigenvalue weighted by molar-refractivity contribution is 6.42. The van der Waals surface area contributed by atoms with Gasteiger partial charge in [-0.15, -0.1) is 0 Å². The second-order valence-electron chi connectivity index (χ2n) is 10.2. The molecule has 0 bridgehead atoms. The molecule has 0 saturated carbocycles. The highest BCUT2D eigenvalue weighted by atomic mass is 35.5. The van der Waals surface area contributed by atoms with E-state index in [9.17, 15) is 9.59 Å². The summed E-state index contributed by atoms with van der Waals surface area (Å²) in [5.74, 6) is -0.145. The van der Waals surface area contributed by atoms with Gasteiger partial charge in [0.2, 0.25) is 5.91 Å². The number of hydrogen-bond acceptors (Lipinski definition) is 4. The van der Waals surface area contributed by atoms with Crippen LogP contribution in [0.25, 0.3) is 11.1 Å². The molecule has 0 radical (unpaired) electrons. The van der Waals surface area contributed by atoms with Crippen molar-refractivity contribution in [2.45, 2.75) is 38.3 Å². The van der Waals surface area contributed by atoms with Gasteiger partial charge in [-0.2, -0.15) is 0 Å². The van der Waals surface area contributed by atoms with Gasteiger partial charge < -0.3 is 15.0 Å². The molecule has 3 aromatic carbocycles. The standard InChI is InChI=1S/C30H31Cl2N3O3/c1-20(35-26-16-24(31)25(32)17-27(26)38-18-28(35)36)29(37)33-30(2,19-34-14-6-7-15-34)23-12-10-22(11-13-23)21-8-4-3-5-9-21/h3-5,8-13,16-17,20H,6-7,14-15,18-19H2,1-2H3,(H,33,37). The molecule has 2 heterocycles. The molecule has 38 heavy (non-hydrogen) atoms. The zero-order chi connectivity index (χ0) is 26.9. The average molecular weight is 553 g/mol. The van der Waals surface area contributed by atoms with Gasteiger partial charge in [0.15, 0.2) is 6.61 Å². The van der Waals surface area contributed by atoms with Crippen LogP contribution in [0.15, 0.2) is 66.7 Å². The molecular weight excluding hydrogens is 521 g/mol. The predicted molar refractivity (Wildman–Crippen MR) is 152 cm³/mol. The number of ether oxygens (including phenoxy) is 1. The van der Waals surface area contributed by atoms with Crippen LogP contribution in [0.3, 0.4) is 0 Å². The van der Waals surface area contributed by atoms with Gasteiger partial charge in [0.25, 0.3) is 5.91 Å². The number of likely N-dealkylation sites (tertiary alicyclic amines) is 1. The molecular formula is C30H31Cl2N3O3. The molecule has 0 aromatic heterocycles. The van der Waals surface area contributed by atoms with E-state index in [4.69, 9.17) is 27.9 Å². The molecule has 3 aromatic rings. The molecule has 2 aliphatic heterocycles. The fourth-order valence-corrected chi connectivity index (χ4v) is 5.65. The van der Waals surface area contributed by atoms with Crippen LogP contribution in [0, 0.1) is 0 Å². The van der Waals surface area contributed by atoms with Gasteiger partial charge in [-0.3, -0.25) is 14.5 Å². The number of anilines is 1. The maximum Gasteiger partial charge on any atom is 0.265 e. The Morgan fingerprint density at radius 2 is 1.63 bits per heavy atom. The molecule has 1 N–H and O–H groups in total. The second kappa shape index (κ2) is 11.0. The van der Waals surface area contributed by atoms with Crippen LogP contribution in [-0.2, 0) is 15.1 Å². The van der Waals surface area contributed by atoms with Crippen molar-refractivity contribution in [1.82, 2.24) is 10.2 Å². The third-order valence-corrected chi connectivity index (χ3v) is 8.14. The average Bonchev–Trinajstić information content (AvgIpc) is 3.42. The molecule has 8 heteroatoms. The first-order valence-corrected chi connectivity index (χ1v) is 13.6. The molecule has 6 nitrogen and oxygen atoms in total. The first-order valence-electron chi connectivity index (χ1n) is 12.9. The molecule has 5 rings (SSSR count). The summed E-state index contributed by atoms with van der Waals surface area (Å²) in [6.07, 6.45) is 2.30. The van der Waals surface area contributed by atoms with E-state index in [0.717, 1.165) is 42.6 Å². The van der Waals surface area contributed by atoms with Crippen LogP contribution >= 0.6 is 23.2 Å². The fourth-order valence-electron chi connectivity index (χ4n) is 5.34. The van der Waals surface area contributed by atoms with E-state index in [1.165, 1.54) is 4.90 Å². The summed E-state index contributed by atoms with van der Waals surface area (Å²) in [7, 11) is 0. The van der Waals surface area contributed by atoms with Crippen molar-refractivity contribution >= 4 is 40.7 Å². The molecule has 2 amide bonds. The Kier molecular flexibility index (Phi) is 7.66. The Hall–Kier alpha value is -3.06. The number of rotatable bonds is 7. The lowest BCUT2D eigenvalue weighted by Crippen LogP contribution is -2.57. The SMILES string of the molecule is CC(C(=O)NC(C)(CN1CCCC1)c1ccc(-c2ccccc2)cc1)N1C(=O)COc2cc(Cl)c(Cl)cc21. The molecule has 2 unspecified atom stereocenters. The van der Waals surface area contributed by atoms with Crippen molar-refractivity contribution in [2.75, 3.05) is 31.1 Å². The first kappa shape index (κ1) is 26.5. The topological polar surface area (TPSA) is 61.9 Å². The van der Waals surface area contributed by atoms with Crippen LogP contribution in [-0.4, -0.2) is 49.0 Å². The van der Waals surface area contributed by atoms with Crippen LogP contribution < -0.4 is 15.0 Å². The Balaban J connectivity index is 1.43. The third-order valence-electron chi connectivity index (χ3n) is 7.41. The van der Waals surface area contributed by atoms with Crippen LogP contribution in [0.2, 0.25) is 10.0 Å². The number of hydrogen-bond donors (Lipinski definition) is 1. The Morgan fingerprint density at radius 3 is 2.32 bits per heavy atom. The van der Waals surface area contributed by atoms with Gasteiger partial charge in [-0.25, -0.2) is 0 Å². The molecule has 1 saturated heterocycles. The molecule has 0 aliphatic carbocycles. The van der Waals surface area contributed by atoms with E-state index in [2.05, 4.69) is 53.5 Å². The summed E-state index contributed by atoms with van der Waals surface area (Å²) in [6, 6.07) is 20.9. The summed E-state index contributed by atoms with van der Waals surface area (Å²) in [6.45, 7) is 6.27. The van der Waals surface area contributed by atoms with Gasteiger partial charge in [0.1, 0.15) is 11.8 Å². The van der Waals surface area contributed by atoms with Crippen molar-refractivity contribution in [3.05, 3.63) is 82.3 Å². The smallest absolute Gasteiger partial charge is 0.265 e. The molecule has 1 fully saturated rings. The lowest BCUT2D eigenvalue weighted by Gasteiger charge is -2.39. The lowest BCUT2D eigenvalue weighted by molar-refractivity contribution is -0.128.